The molecule has 1 aromatic rings. The summed E-state index contributed by atoms with van der Waals surface area (Å²) in [5, 5.41) is 0.201. The first kappa shape index (κ1) is 11.2. The first-order valence-corrected chi connectivity index (χ1v) is 7.52. The van der Waals surface area contributed by atoms with E-state index in [-0.39, 0.29) is 17.1 Å². The molecular formula is C12H16N2O2S. The van der Waals surface area contributed by atoms with Crippen LogP contribution in [-0.4, -0.2) is 29.8 Å². The van der Waals surface area contributed by atoms with Crippen LogP contribution in [0.25, 0.3) is 0 Å². The first-order valence-electron chi connectivity index (χ1n) is 6.08. The van der Waals surface area contributed by atoms with Gasteiger partial charge in [0.15, 0.2) is 5.03 Å². The van der Waals surface area contributed by atoms with Crippen LogP contribution in [0.4, 0.5) is 0 Å². The molecule has 1 aliphatic heterocycles. The highest BCUT2D eigenvalue weighted by Gasteiger charge is 2.56. The Kier molecular flexibility index (Phi) is 2.48. The van der Waals surface area contributed by atoms with E-state index in [4.69, 9.17) is 0 Å². The Bertz CT molecular complexity index is 529. The minimum absolute atomic E-state index is 0.201. The van der Waals surface area contributed by atoms with E-state index in [0.717, 1.165) is 31.4 Å². The van der Waals surface area contributed by atoms with Crippen LogP contribution in [0.5, 0.6) is 0 Å². The summed E-state index contributed by atoms with van der Waals surface area (Å²) in [7, 11) is -3.35. The lowest BCUT2D eigenvalue weighted by Crippen LogP contribution is -2.17. The normalized spacial score (nSPS) is 31.9. The van der Waals surface area contributed by atoms with E-state index >= 15 is 0 Å². The molecule has 5 heteroatoms. The van der Waals surface area contributed by atoms with Crippen LogP contribution in [0.1, 0.15) is 31.4 Å². The van der Waals surface area contributed by atoms with Gasteiger partial charge in [-0.2, -0.15) is 4.31 Å². The molecule has 0 N–H and O–H groups in total. The van der Waals surface area contributed by atoms with E-state index < -0.39 is 10.0 Å². The maximum atomic E-state index is 12.4. The Morgan fingerprint density at radius 2 is 1.88 bits per heavy atom. The van der Waals surface area contributed by atoms with Crippen molar-refractivity contribution >= 4 is 10.0 Å². The minimum Gasteiger partial charge on any atom is -0.240 e. The van der Waals surface area contributed by atoms with Gasteiger partial charge in [0.25, 0.3) is 10.0 Å². The summed E-state index contributed by atoms with van der Waals surface area (Å²) in [6.07, 6.45) is 4.31. The van der Waals surface area contributed by atoms with E-state index in [0.29, 0.717) is 0 Å². The van der Waals surface area contributed by atoms with Gasteiger partial charge in [-0.25, -0.2) is 13.4 Å². The van der Waals surface area contributed by atoms with Crippen LogP contribution < -0.4 is 0 Å². The van der Waals surface area contributed by atoms with Crippen molar-refractivity contribution in [2.75, 3.05) is 0 Å². The molecule has 2 aliphatic rings. The van der Waals surface area contributed by atoms with E-state index in [1.54, 1.807) is 16.4 Å². The predicted molar refractivity (Wildman–Crippen MR) is 64.0 cm³/mol. The zero-order valence-electron chi connectivity index (χ0n) is 9.83. The van der Waals surface area contributed by atoms with Crippen LogP contribution >= 0.6 is 0 Å². The van der Waals surface area contributed by atoms with E-state index in [1.165, 1.54) is 0 Å². The maximum absolute atomic E-state index is 12.4. The standard InChI is InChI=1S/C12H16N2O2S/c1-9-5-4-8-12(13-9)17(15,16)14-10-6-2-3-7-11(10)14/h4-5,8,10-11H,2-3,6-7H2,1H3. The summed E-state index contributed by atoms with van der Waals surface area (Å²) in [6.45, 7) is 1.81. The monoisotopic (exact) mass is 252 g/mol. The molecule has 2 unspecified atom stereocenters. The van der Waals surface area contributed by atoms with Crippen LogP contribution in [0.2, 0.25) is 0 Å². The SMILES string of the molecule is Cc1cccc(S(=O)(=O)N2C3CCCCC32)n1. The lowest BCUT2D eigenvalue weighted by Gasteiger charge is -2.05. The Morgan fingerprint density at radius 3 is 2.47 bits per heavy atom. The molecule has 17 heavy (non-hydrogen) atoms. The second kappa shape index (κ2) is 3.78. The molecule has 0 spiro atoms. The average molecular weight is 252 g/mol. The third kappa shape index (κ3) is 1.77. The number of hydrogen-bond acceptors (Lipinski definition) is 3. The fourth-order valence-electron chi connectivity index (χ4n) is 2.78. The van der Waals surface area contributed by atoms with Crippen molar-refractivity contribution in [3.05, 3.63) is 23.9 Å². The van der Waals surface area contributed by atoms with E-state index in [2.05, 4.69) is 4.98 Å². The van der Waals surface area contributed by atoms with Gasteiger partial charge in [0.1, 0.15) is 0 Å². The van der Waals surface area contributed by atoms with Crippen LogP contribution in [0.3, 0.4) is 0 Å². The molecule has 2 fully saturated rings. The third-order valence-electron chi connectivity index (χ3n) is 3.66. The molecule has 0 bridgehead atoms. The summed E-state index contributed by atoms with van der Waals surface area (Å²) < 4.78 is 26.4. The smallest absolute Gasteiger partial charge is 0.240 e. The first-order chi connectivity index (χ1) is 8.10. The van der Waals surface area contributed by atoms with Gasteiger partial charge in [0.2, 0.25) is 0 Å². The predicted octanol–water partition coefficient (Wildman–Crippen LogP) is 1.71. The summed E-state index contributed by atoms with van der Waals surface area (Å²) in [6, 6.07) is 5.65. The van der Waals surface area contributed by atoms with Gasteiger partial charge < -0.3 is 0 Å². The van der Waals surface area contributed by atoms with Gasteiger partial charge in [0.05, 0.1) is 0 Å². The quantitative estimate of drug-likeness (QED) is 0.753. The number of aromatic nitrogens is 1. The molecule has 3 rings (SSSR count). The molecule has 92 valence electrons. The Balaban J connectivity index is 1.92. The highest BCUT2D eigenvalue weighted by molar-refractivity contribution is 7.89. The molecule has 0 radical (unpaired) electrons. The number of rotatable bonds is 2. The van der Waals surface area contributed by atoms with Crippen LogP contribution in [0, 0.1) is 6.92 Å². The largest absolute Gasteiger partial charge is 0.261 e. The molecular weight excluding hydrogens is 236 g/mol. The molecule has 2 heterocycles. The van der Waals surface area contributed by atoms with E-state index in [1.807, 2.05) is 13.0 Å². The summed E-state index contributed by atoms with van der Waals surface area (Å²) >= 11 is 0. The molecule has 4 nitrogen and oxygen atoms in total. The molecule has 0 aromatic carbocycles. The van der Waals surface area contributed by atoms with Crippen molar-refractivity contribution in [2.45, 2.75) is 49.7 Å². The molecule has 2 atom stereocenters. The number of pyridine rings is 1. The average Bonchev–Trinajstić information content (AvgIpc) is 3.03. The lowest BCUT2D eigenvalue weighted by atomic mass is 10.0. The molecule has 0 amide bonds. The fraction of sp³-hybridized carbons (Fsp3) is 0.583. The third-order valence-corrected chi connectivity index (χ3v) is 5.52. The Morgan fingerprint density at radius 1 is 1.24 bits per heavy atom. The maximum Gasteiger partial charge on any atom is 0.261 e. The molecule has 1 saturated carbocycles. The fourth-order valence-corrected chi connectivity index (χ4v) is 4.66. The topological polar surface area (TPSA) is 50.0 Å². The second-order valence-corrected chi connectivity index (χ2v) is 6.66. The van der Waals surface area contributed by atoms with Gasteiger partial charge in [-0.05, 0) is 31.9 Å². The van der Waals surface area contributed by atoms with E-state index in [9.17, 15) is 8.42 Å². The highest BCUT2D eigenvalue weighted by atomic mass is 32.2. The van der Waals surface area contributed by atoms with Crippen molar-refractivity contribution in [1.82, 2.24) is 9.29 Å². The zero-order chi connectivity index (χ0) is 12.0. The van der Waals surface area contributed by atoms with Gasteiger partial charge in [-0.15, -0.1) is 0 Å². The minimum atomic E-state index is -3.35. The molecule has 1 aliphatic carbocycles. The van der Waals surface area contributed by atoms with Crippen molar-refractivity contribution in [3.63, 3.8) is 0 Å². The number of nitrogens with zero attached hydrogens (tertiary/aromatic N) is 2. The van der Waals surface area contributed by atoms with Gasteiger partial charge in [-0.3, -0.25) is 0 Å². The number of sulfonamides is 1. The molecule has 1 saturated heterocycles. The number of fused-ring (bicyclic) bond motifs is 1. The zero-order valence-corrected chi connectivity index (χ0v) is 10.7. The molecule has 1 aromatic heterocycles. The van der Waals surface area contributed by atoms with Gasteiger partial charge in [0, 0.05) is 17.8 Å². The van der Waals surface area contributed by atoms with Crippen molar-refractivity contribution in [2.24, 2.45) is 0 Å². The van der Waals surface area contributed by atoms with Crippen molar-refractivity contribution in [3.8, 4) is 0 Å². The number of aryl methyl sites for hydroxylation is 1. The van der Waals surface area contributed by atoms with Crippen molar-refractivity contribution < 1.29 is 8.42 Å². The lowest BCUT2D eigenvalue weighted by molar-refractivity contribution is 0.540. The van der Waals surface area contributed by atoms with Gasteiger partial charge >= 0.3 is 0 Å². The van der Waals surface area contributed by atoms with Crippen molar-refractivity contribution in [1.29, 1.82) is 0 Å². The highest BCUT2D eigenvalue weighted by Crippen LogP contribution is 2.44. The van der Waals surface area contributed by atoms with Crippen LogP contribution in [0.15, 0.2) is 23.2 Å². The summed E-state index contributed by atoms with van der Waals surface area (Å²) in [5.74, 6) is 0. The van der Waals surface area contributed by atoms with Crippen LogP contribution in [-0.2, 0) is 10.0 Å². The summed E-state index contributed by atoms with van der Waals surface area (Å²) in [4.78, 5) is 4.13. The summed E-state index contributed by atoms with van der Waals surface area (Å²) in [5.41, 5.74) is 0.746. The Labute approximate surface area is 102 Å². The van der Waals surface area contributed by atoms with Gasteiger partial charge in [-0.1, -0.05) is 18.9 Å². The second-order valence-electron chi connectivity index (χ2n) is 4.87. The Hall–Kier alpha value is -0.940. The number of hydrogen-bond donors (Lipinski definition) is 0.